The largest absolute Gasteiger partial charge is 0.480 e. The summed E-state index contributed by atoms with van der Waals surface area (Å²) in [5.74, 6) is 4.60. The second-order valence-corrected chi connectivity index (χ2v) is 7.29. The molecule has 2 heterocycles. The molecule has 2 unspecified atom stereocenters. The molecule has 2 aliphatic rings. The van der Waals surface area contributed by atoms with Crippen LogP contribution < -0.4 is 26.2 Å². The van der Waals surface area contributed by atoms with Crippen molar-refractivity contribution in [2.45, 2.75) is 18.1 Å². The number of imide groups is 1. The highest BCUT2D eigenvalue weighted by Crippen LogP contribution is 2.45. The van der Waals surface area contributed by atoms with Gasteiger partial charge in [0.1, 0.15) is 5.75 Å². The van der Waals surface area contributed by atoms with Crippen molar-refractivity contribution in [2.75, 3.05) is 4.90 Å². The first-order valence-corrected chi connectivity index (χ1v) is 9.46. The van der Waals surface area contributed by atoms with Crippen molar-refractivity contribution in [1.82, 2.24) is 10.7 Å². The number of nitrogens with one attached hydrogen (secondary N) is 2. The number of fused-ring (bicyclic) bond motifs is 3. The highest BCUT2D eigenvalue weighted by Gasteiger charge is 2.58. The zero-order valence-electron chi connectivity index (χ0n) is 15.8. The third-order valence-electron chi connectivity index (χ3n) is 5.64. The topological polar surface area (TPSA) is 114 Å². The molecule has 1 spiro atoms. The molecule has 5 rings (SSSR count). The van der Waals surface area contributed by atoms with E-state index in [0.29, 0.717) is 17.0 Å². The number of carbonyl (C=O) groups is 3. The molecular weight excluding hydrogens is 384 g/mol. The van der Waals surface area contributed by atoms with E-state index in [9.17, 15) is 14.4 Å². The molecule has 8 heteroatoms. The van der Waals surface area contributed by atoms with Crippen molar-refractivity contribution < 1.29 is 19.1 Å². The summed E-state index contributed by atoms with van der Waals surface area (Å²) in [5, 5.41) is 4.52. The summed E-state index contributed by atoms with van der Waals surface area (Å²) in [5.41, 5.74) is 1.62. The number of benzene rings is 3. The van der Waals surface area contributed by atoms with Gasteiger partial charge >= 0.3 is 6.03 Å². The number of anilines is 1. The number of hydrogen-bond donors (Lipinski definition) is 3. The van der Waals surface area contributed by atoms with Crippen LogP contribution in [0.4, 0.5) is 10.5 Å². The number of para-hydroxylation sites is 1. The Labute approximate surface area is 171 Å². The molecule has 1 fully saturated rings. The smallest absolute Gasteiger partial charge is 0.329 e. The van der Waals surface area contributed by atoms with E-state index in [1.807, 2.05) is 30.3 Å². The van der Waals surface area contributed by atoms with E-state index in [-0.39, 0.29) is 6.42 Å². The lowest BCUT2D eigenvalue weighted by Gasteiger charge is -2.36. The van der Waals surface area contributed by atoms with E-state index in [4.69, 9.17) is 10.6 Å². The lowest BCUT2D eigenvalue weighted by molar-refractivity contribution is -0.132. The second kappa shape index (κ2) is 6.57. The third kappa shape index (κ3) is 2.47. The number of rotatable bonds is 2. The van der Waals surface area contributed by atoms with Crippen LogP contribution in [-0.4, -0.2) is 23.9 Å². The summed E-state index contributed by atoms with van der Waals surface area (Å²) < 4.78 is 5.75. The van der Waals surface area contributed by atoms with Crippen molar-refractivity contribution in [3.05, 3.63) is 72.3 Å². The van der Waals surface area contributed by atoms with Gasteiger partial charge in [0.2, 0.25) is 0 Å². The maximum Gasteiger partial charge on any atom is 0.329 e. The minimum Gasteiger partial charge on any atom is -0.480 e. The molecule has 4 N–H and O–H groups in total. The van der Waals surface area contributed by atoms with Gasteiger partial charge in [0.05, 0.1) is 5.69 Å². The molecule has 0 aliphatic carbocycles. The molecule has 2 atom stereocenters. The summed E-state index contributed by atoms with van der Waals surface area (Å²) in [7, 11) is 0. The van der Waals surface area contributed by atoms with Crippen LogP contribution in [0.25, 0.3) is 10.8 Å². The van der Waals surface area contributed by atoms with Gasteiger partial charge < -0.3 is 10.1 Å². The monoisotopic (exact) mass is 402 g/mol. The normalized spacial score (nSPS) is 22.6. The Bertz CT molecular complexity index is 1210. The molecule has 0 aromatic heterocycles. The van der Waals surface area contributed by atoms with E-state index < -0.39 is 29.5 Å². The number of hydrogen-bond acceptors (Lipinski definition) is 5. The number of ether oxygens (including phenoxy) is 1. The molecule has 1 saturated heterocycles. The molecule has 8 nitrogen and oxygen atoms in total. The van der Waals surface area contributed by atoms with Crippen LogP contribution in [0.3, 0.4) is 0 Å². The second-order valence-electron chi connectivity index (χ2n) is 7.29. The summed E-state index contributed by atoms with van der Waals surface area (Å²) in [6.45, 7) is 0. The van der Waals surface area contributed by atoms with Crippen molar-refractivity contribution in [3.63, 3.8) is 0 Å². The fourth-order valence-electron chi connectivity index (χ4n) is 4.26. The van der Waals surface area contributed by atoms with Gasteiger partial charge in [-0.1, -0.05) is 54.6 Å². The molecule has 3 aromatic rings. The van der Waals surface area contributed by atoms with E-state index in [1.165, 1.54) is 0 Å². The molecular formula is C22H18N4O4. The Hall–Kier alpha value is -3.91. The van der Waals surface area contributed by atoms with Crippen molar-refractivity contribution in [3.8, 4) is 5.75 Å². The van der Waals surface area contributed by atoms with Crippen LogP contribution in [0.1, 0.15) is 12.0 Å². The van der Waals surface area contributed by atoms with E-state index in [0.717, 1.165) is 15.7 Å². The fraction of sp³-hybridized carbons (Fsp3) is 0.136. The predicted molar refractivity (Wildman–Crippen MR) is 109 cm³/mol. The summed E-state index contributed by atoms with van der Waals surface area (Å²) in [4.78, 5) is 40.2. The Kier molecular flexibility index (Phi) is 3.97. The third-order valence-corrected chi connectivity index (χ3v) is 5.64. The SMILES string of the molecule is NNC(=O)C1CC2(NC(=O)N(c3cccc4ccccc34)C2=O)c2ccccc2O1. The minimum absolute atomic E-state index is 0.0705. The highest BCUT2D eigenvalue weighted by molar-refractivity contribution is 6.26. The first-order valence-electron chi connectivity index (χ1n) is 9.46. The molecule has 30 heavy (non-hydrogen) atoms. The van der Waals surface area contributed by atoms with Gasteiger partial charge in [-0.2, -0.15) is 0 Å². The first-order chi connectivity index (χ1) is 14.5. The quantitative estimate of drug-likeness (QED) is 0.262. The molecule has 150 valence electrons. The fourth-order valence-corrected chi connectivity index (χ4v) is 4.26. The number of amides is 4. The summed E-state index contributed by atoms with van der Waals surface area (Å²) in [6, 6.07) is 19.3. The average molecular weight is 402 g/mol. The Morgan fingerprint density at radius 2 is 1.80 bits per heavy atom. The highest BCUT2D eigenvalue weighted by atomic mass is 16.5. The van der Waals surface area contributed by atoms with Crippen LogP contribution in [0.5, 0.6) is 5.75 Å². The molecule has 0 radical (unpaired) electrons. The van der Waals surface area contributed by atoms with Crippen molar-refractivity contribution >= 4 is 34.3 Å². The number of hydrazine groups is 1. The van der Waals surface area contributed by atoms with E-state index in [2.05, 4.69) is 10.7 Å². The maximum atomic E-state index is 13.8. The minimum atomic E-state index is -1.43. The Balaban J connectivity index is 1.66. The molecule has 4 amide bonds. The van der Waals surface area contributed by atoms with Gasteiger partial charge in [0, 0.05) is 17.4 Å². The predicted octanol–water partition coefficient (Wildman–Crippen LogP) is 1.93. The zero-order valence-corrected chi connectivity index (χ0v) is 15.8. The lowest BCUT2D eigenvalue weighted by atomic mass is 9.81. The van der Waals surface area contributed by atoms with Gasteiger partial charge in [-0.3, -0.25) is 15.0 Å². The molecule has 0 saturated carbocycles. The molecule has 0 bridgehead atoms. The number of carbonyl (C=O) groups excluding carboxylic acids is 3. The van der Waals surface area contributed by atoms with Crippen LogP contribution in [-0.2, 0) is 15.1 Å². The van der Waals surface area contributed by atoms with Crippen molar-refractivity contribution in [2.24, 2.45) is 5.84 Å². The zero-order chi connectivity index (χ0) is 20.9. The van der Waals surface area contributed by atoms with Gasteiger partial charge in [0.15, 0.2) is 11.6 Å². The van der Waals surface area contributed by atoms with Gasteiger partial charge in [-0.15, -0.1) is 0 Å². The first kappa shape index (κ1) is 18.1. The summed E-state index contributed by atoms with van der Waals surface area (Å²) in [6.07, 6.45) is -1.10. The standard InChI is InChI=1S/C22H18N4O4/c23-25-19(27)18-12-22(15-9-3-4-11-17(15)30-18)20(28)26(21(29)24-22)16-10-5-7-13-6-1-2-8-14(13)16/h1-11,18H,12,23H2,(H,24,29)(H,25,27). The van der Waals surface area contributed by atoms with Gasteiger partial charge in [-0.05, 0) is 17.5 Å². The number of nitrogens with two attached hydrogens (primary N) is 1. The average Bonchev–Trinajstić information content (AvgIpc) is 3.02. The number of nitrogens with zero attached hydrogens (tertiary/aromatic N) is 1. The molecule has 2 aliphatic heterocycles. The van der Waals surface area contributed by atoms with Crippen LogP contribution in [0, 0.1) is 0 Å². The maximum absolute atomic E-state index is 13.8. The van der Waals surface area contributed by atoms with Gasteiger partial charge in [-0.25, -0.2) is 15.5 Å². The van der Waals surface area contributed by atoms with Gasteiger partial charge in [0.25, 0.3) is 11.8 Å². The number of urea groups is 1. The molecule has 3 aromatic carbocycles. The van der Waals surface area contributed by atoms with Crippen LogP contribution >= 0.6 is 0 Å². The Morgan fingerprint density at radius 3 is 2.63 bits per heavy atom. The Morgan fingerprint density at radius 1 is 1.07 bits per heavy atom. The summed E-state index contributed by atoms with van der Waals surface area (Å²) >= 11 is 0. The van der Waals surface area contributed by atoms with E-state index in [1.54, 1.807) is 36.4 Å². The van der Waals surface area contributed by atoms with Crippen LogP contribution in [0.15, 0.2) is 66.7 Å². The van der Waals surface area contributed by atoms with Crippen molar-refractivity contribution in [1.29, 1.82) is 0 Å². The van der Waals surface area contributed by atoms with E-state index >= 15 is 0 Å². The lowest BCUT2D eigenvalue weighted by Crippen LogP contribution is -2.55. The van der Waals surface area contributed by atoms with Crippen LogP contribution in [0.2, 0.25) is 0 Å².